The van der Waals surface area contributed by atoms with Crippen LogP contribution in [-0.4, -0.2) is 21.5 Å². The van der Waals surface area contributed by atoms with Crippen LogP contribution in [0.3, 0.4) is 0 Å². The molecule has 2 aromatic rings. The summed E-state index contributed by atoms with van der Waals surface area (Å²) in [4.78, 5) is 16.5. The van der Waals surface area contributed by atoms with Gasteiger partial charge < -0.3 is 15.6 Å². The fraction of sp³-hybridized carbons (Fsp3) is 0.474. The van der Waals surface area contributed by atoms with Gasteiger partial charge in [0.2, 0.25) is 5.91 Å². The van der Waals surface area contributed by atoms with Crippen molar-refractivity contribution < 1.29 is 4.79 Å². The third kappa shape index (κ3) is 2.96. The monoisotopic (exact) mass is 324 g/mol. The molecule has 2 aliphatic carbocycles. The average molecular weight is 324 g/mol. The molecule has 0 saturated heterocycles. The van der Waals surface area contributed by atoms with Crippen LogP contribution in [0.4, 0.5) is 0 Å². The van der Waals surface area contributed by atoms with Crippen molar-refractivity contribution in [2.24, 2.45) is 23.5 Å². The van der Waals surface area contributed by atoms with Crippen molar-refractivity contribution in [2.45, 2.75) is 38.4 Å². The second-order valence-corrected chi connectivity index (χ2v) is 7.21. The molecule has 1 aromatic carbocycles. The van der Waals surface area contributed by atoms with E-state index < -0.39 is 0 Å². The average Bonchev–Trinajstić information content (AvgIpc) is 3.31. The van der Waals surface area contributed by atoms with Crippen molar-refractivity contribution in [1.29, 1.82) is 0 Å². The molecule has 1 aromatic heterocycles. The highest BCUT2D eigenvalue weighted by Gasteiger charge is 2.48. The molecule has 126 valence electrons. The first-order valence-electron chi connectivity index (χ1n) is 8.77. The van der Waals surface area contributed by atoms with Gasteiger partial charge in [0.15, 0.2) is 0 Å². The minimum Gasteiger partial charge on any atom is -0.352 e. The minimum atomic E-state index is 0.0178. The van der Waals surface area contributed by atoms with Gasteiger partial charge in [-0.25, -0.2) is 4.98 Å². The molecule has 5 nitrogen and oxygen atoms in total. The van der Waals surface area contributed by atoms with E-state index in [4.69, 9.17) is 5.73 Å². The van der Waals surface area contributed by atoms with Crippen LogP contribution in [0.15, 0.2) is 43.0 Å². The molecule has 4 unspecified atom stereocenters. The number of nitrogens with one attached hydrogen (secondary N) is 1. The summed E-state index contributed by atoms with van der Waals surface area (Å²) >= 11 is 0. The summed E-state index contributed by atoms with van der Waals surface area (Å²) in [6.45, 7) is 1.39. The van der Waals surface area contributed by atoms with Gasteiger partial charge in [-0.2, -0.15) is 0 Å². The molecule has 2 saturated carbocycles. The van der Waals surface area contributed by atoms with Gasteiger partial charge in [0.1, 0.15) is 0 Å². The quantitative estimate of drug-likeness (QED) is 0.882. The predicted octanol–water partition coefficient (Wildman–Crippen LogP) is 1.92. The zero-order valence-electron chi connectivity index (χ0n) is 13.8. The van der Waals surface area contributed by atoms with Gasteiger partial charge in [-0.1, -0.05) is 24.3 Å². The Hall–Kier alpha value is -2.14. The number of nitrogens with zero attached hydrogens (tertiary/aromatic N) is 2. The fourth-order valence-electron chi connectivity index (χ4n) is 4.39. The normalized spacial score (nSPS) is 28.2. The van der Waals surface area contributed by atoms with Gasteiger partial charge in [0.25, 0.3) is 0 Å². The summed E-state index contributed by atoms with van der Waals surface area (Å²) in [7, 11) is 0. The van der Waals surface area contributed by atoms with Gasteiger partial charge >= 0.3 is 0 Å². The maximum atomic E-state index is 12.5. The SMILES string of the molecule is NC1C2CCC(C2)C1C(=O)NCc1ccc(Cn2ccnc2)cc1. The molecule has 24 heavy (non-hydrogen) atoms. The number of carbonyl (C=O) groups excluding carboxylic acids is 1. The van der Waals surface area contributed by atoms with Crippen LogP contribution in [0.25, 0.3) is 0 Å². The number of fused-ring (bicyclic) bond motifs is 2. The topological polar surface area (TPSA) is 72.9 Å². The molecule has 2 bridgehead atoms. The lowest BCUT2D eigenvalue weighted by Gasteiger charge is -2.27. The lowest BCUT2D eigenvalue weighted by molar-refractivity contribution is -0.127. The fourth-order valence-corrected chi connectivity index (χ4v) is 4.39. The Labute approximate surface area is 142 Å². The van der Waals surface area contributed by atoms with E-state index >= 15 is 0 Å². The molecule has 0 aliphatic heterocycles. The molecule has 4 rings (SSSR count). The van der Waals surface area contributed by atoms with E-state index in [0.29, 0.717) is 18.4 Å². The Balaban J connectivity index is 1.32. The molecule has 1 amide bonds. The van der Waals surface area contributed by atoms with Crippen LogP contribution in [0.1, 0.15) is 30.4 Å². The van der Waals surface area contributed by atoms with Crippen molar-refractivity contribution >= 4 is 5.91 Å². The molecule has 2 fully saturated rings. The number of amides is 1. The van der Waals surface area contributed by atoms with Gasteiger partial charge in [-0.05, 0) is 42.2 Å². The summed E-state index contributed by atoms with van der Waals surface area (Å²) in [5.74, 6) is 1.22. The third-order valence-corrected chi connectivity index (χ3v) is 5.70. The molecular formula is C19H24N4O. The van der Waals surface area contributed by atoms with Crippen LogP contribution in [-0.2, 0) is 17.9 Å². The number of hydrogen-bond acceptors (Lipinski definition) is 3. The van der Waals surface area contributed by atoms with Crippen LogP contribution in [0, 0.1) is 17.8 Å². The lowest BCUT2D eigenvalue weighted by Crippen LogP contribution is -2.45. The summed E-state index contributed by atoms with van der Waals surface area (Å²) < 4.78 is 2.04. The van der Waals surface area contributed by atoms with E-state index in [0.717, 1.165) is 18.5 Å². The molecule has 5 heteroatoms. The summed E-state index contributed by atoms with van der Waals surface area (Å²) in [5, 5.41) is 3.09. The van der Waals surface area contributed by atoms with Crippen molar-refractivity contribution in [3.8, 4) is 0 Å². The Morgan fingerprint density at radius 1 is 1.21 bits per heavy atom. The van der Waals surface area contributed by atoms with Crippen molar-refractivity contribution in [3.63, 3.8) is 0 Å². The van der Waals surface area contributed by atoms with Crippen LogP contribution in [0.5, 0.6) is 0 Å². The Kier molecular flexibility index (Phi) is 4.10. The van der Waals surface area contributed by atoms with Crippen molar-refractivity contribution in [2.75, 3.05) is 0 Å². The second kappa shape index (κ2) is 6.40. The Bertz CT molecular complexity index is 693. The lowest BCUT2D eigenvalue weighted by atomic mass is 9.84. The molecule has 3 N–H and O–H groups in total. The number of benzene rings is 1. The molecule has 4 atom stereocenters. The number of nitrogens with two attached hydrogens (primary N) is 1. The number of imidazole rings is 1. The summed E-state index contributed by atoms with van der Waals surface area (Å²) in [6.07, 6.45) is 9.05. The maximum Gasteiger partial charge on any atom is 0.225 e. The van der Waals surface area contributed by atoms with Crippen LogP contribution < -0.4 is 11.1 Å². The maximum absolute atomic E-state index is 12.5. The molecular weight excluding hydrogens is 300 g/mol. The van der Waals surface area contributed by atoms with E-state index in [2.05, 4.69) is 34.6 Å². The van der Waals surface area contributed by atoms with E-state index in [1.807, 2.05) is 17.1 Å². The first-order chi connectivity index (χ1) is 11.7. The number of rotatable bonds is 5. The van der Waals surface area contributed by atoms with E-state index in [1.165, 1.54) is 18.4 Å². The highest BCUT2D eigenvalue weighted by atomic mass is 16.1. The van der Waals surface area contributed by atoms with Gasteiger partial charge in [-0.3, -0.25) is 4.79 Å². The predicted molar refractivity (Wildman–Crippen MR) is 91.9 cm³/mol. The van der Waals surface area contributed by atoms with Crippen molar-refractivity contribution in [3.05, 3.63) is 54.1 Å². The Morgan fingerprint density at radius 3 is 2.62 bits per heavy atom. The minimum absolute atomic E-state index is 0.0178. The zero-order chi connectivity index (χ0) is 16.5. The number of carbonyl (C=O) groups is 1. The van der Waals surface area contributed by atoms with E-state index in [1.54, 1.807) is 6.20 Å². The smallest absolute Gasteiger partial charge is 0.225 e. The highest BCUT2D eigenvalue weighted by Crippen LogP contribution is 2.47. The summed E-state index contributed by atoms with van der Waals surface area (Å²) in [6, 6.07) is 8.41. The van der Waals surface area contributed by atoms with Crippen LogP contribution >= 0.6 is 0 Å². The summed E-state index contributed by atoms with van der Waals surface area (Å²) in [5.41, 5.74) is 8.59. The molecule has 0 radical (unpaired) electrons. The third-order valence-electron chi connectivity index (χ3n) is 5.70. The van der Waals surface area contributed by atoms with Crippen molar-refractivity contribution in [1.82, 2.24) is 14.9 Å². The van der Waals surface area contributed by atoms with Gasteiger partial charge in [0.05, 0.1) is 12.2 Å². The van der Waals surface area contributed by atoms with E-state index in [9.17, 15) is 4.79 Å². The zero-order valence-corrected chi connectivity index (χ0v) is 13.8. The Morgan fingerprint density at radius 2 is 1.96 bits per heavy atom. The van der Waals surface area contributed by atoms with E-state index in [-0.39, 0.29) is 17.9 Å². The van der Waals surface area contributed by atoms with Gasteiger partial charge in [0, 0.05) is 31.5 Å². The van der Waals surface area contributed by atoms with Crippen LogP contribution in [0.2, 0.25) is 0 Å². The number of hydrogen-bond donors (Lipinski definition) is 2. The highest BCUT2D eigenvalue weighted by molar-refractivity contribution is 5.80. The largest absolute Gasteiger partial charge is 0.352 e. The standard InChI is InChI=1S/C19H24N4O/c20-18-16-6-5-15(9-16)17(18)19(24)22-10-13-1-3-14(4-2-13)11-23-8-7-21-12-23/h1-4,7-8,12,15-18H,5-6,9-11,20H2,(H,22,24). The first-order valence-corrected chi connectivity index (χ1v) is 8.77. The molecule has 1 heterocycles. The molecule has 2 aliphatic rings. The van der Waals surface area contributed by atoms with Gasteiger partial charge in [-0.15, -0.1) is 0 Å². The number of aromatic nitrogens is 2. The first kappa shape index (κ1) is 15.4. The second-order valence-electron chi connectivity index (χ2n) is 7.21. The molecule has 0 spiro atoms.